The average molecular weight is 325 g/mol. The van der Waals surface area contributed by atoms with Crippen molar-refractivity contribution in [3.63, 3.8) is 0 Å². The standard InChI is InChI=1S/C14H13ClN2O5/c1-9(12-3-2-6-21-12)16-14(18)8-22-13-5-4-10(17(19)20)7-11(13)15/h2-7,9H,8H2,1H3,(H,16,18)/t9-/m0/s1. The maximum absolute atomic E-state index is 11.8. The lowest BCUT2D eigenvalue weighted by molar-refractivity contribution is -0.384. The summed E-state index contributed by atoms with van der Waals surface area (Å²) in [5.74, 6) is 0.466. The number of nitro benzene ring substituents is 1. The molecule has 2 aromatic rings. The van der Waals surface area contributed by atoms with E-state index in [1.54, 1.807) is 19.1 Å². The maximum Gasteiger partial charge on any atom is 0.271 e. The highest BCUT2D eigenvalue weighted by Crippen LogP contribution is 2.28. The van der Waals surface area contributed by atoms with Crippen LogP contribution in [0.4, 0.5) is 5.69 Å². The monoisotopic (exact) mass is 324 g/mol. The van der Waals surface area contributed by atoms with E-state index in [0.717, 1.165) is 0 Å². The van der Waals surface area contributed by atoms with Gasteiger partial charge < -0.3 is 14.5 Å². The Labute approximate surface area is 131 Å². The number of amides is 1. The normalized spacial score (nSPS) is 11.7. The SMILES string of the molecule is C[C@H](NC(=O)COc1ccc([N+](=O)[O-])cc1Cl)c1ccco1. The smallest absolute Gasteiger partial charge is 0.271 e. The van der Waals surface area contributed by atoms with Crippen LogP contribution >= 0.6 is 11.6 Å². The molecular weight excluding hydrogens is 312 g/mol. The van der Waals surface area contributed by atoms with Crippen LogP contribution in [0.3, 0.4) is 0 Å². The van der Waals surface area contributed by atoms with Gasteiger partial charge in [0, 0.05) is 12.1 Å². The van der Waals surface area contributed by atoms with Gasteiger partial charge in [0.05, 0.1) is 22.3 Å². The van der Waals surface area contributed by atoms with Crippen LogP contribution in [0.25, 0.3) is 0 Å². The fourth-order valence-corrected chi connectivity index (χ4v) is 1.98. The third-order valence-electron chi connectivity index (χ3n) is 2.83. The lowest BCUT2D eigenvalue weighted by Gasteiger charge is -2.12. The van der Waals surface area contributed by atoms with E-state index in [4.69, 9.17) is 20.8 Å². The Balaban J connectivity index is 1.90. The molecule has 1 aromatic heterocycles. The van der Waals surface area contributed by atoms with E-state index in [-0.39, 0.29) is 35.0 Å². The fourth-order valence-electron chi connectivity index (χ4n) is 1.76. The Hall–Kier alpha value is -2.54. The molecule has 0 fully saturated rings. The largest absolute Gasteiger partial charge is 0.482 e. The first-order valence-corrected chi connectivity index (χ1v) is 6.74. The summed E-state index contributed by atoms with van der Waals surface area (Å²) in [5, 5.41) is 13.4. The van der Waals surface area contributed by atoms with Gasteiger partial charge in [0.1, 0.15) is 11.5 Å². The number of hydrogen-bond donors (Lipinski definition) is 1. The third kappa shape index (κ3) is 3.98. The van der Waals surface area contributed by atoms with E-state index in [1.165, 1.54) is 24.5 Å². The second kappa shape index (κ2) is 6.95. The van der Waals surface area contributed by atoms with Gasteiger partial charge in [0.15, 0.2) is 6.61 Å². The molecule has 1 aromatic carbocycles. The zero-order valence-electron chi connectivity index (χ0n) is 11.6. The minimum atomic E-state index is -0.562. The van der Waals surface area contributed by atoms with Crippen LogP contribution in [0.5, 0.6) is 5.75 Å². The molecule has 0 aliphatic carbocycles. The number of nitrogens with one attached hydrogen (secondary N) is 1. The van der Waals surface area contributed by atoms with E-state index in [9.17, 15) is 14.9 Å². The summed E-state index contributed by atoms with van der Waals surface area (Å²) in [6.07, 6.45) is 1.52. The lowest BCUT2D eigenvalue weighted by atomic mass is 10.2. The number of nitrogens with zero attached hydrogens (tertiary/aromatic N) is 1. The number of benzene rings is 1. The van der Waals surface area contributed by atoms with Crippen molar-refractivity contribution in [2.75, 3.05) is 6.61 Å². The summed E-state index contributed by atoms with van der Waals surface area (Å²) in [4.78, 5) is 21.8. The van der Waals surface area contributed by atoms with Crippen LogP contribution in [-0.2, 0) is 4.79 Å². The topological polar surface area (TPSA) is 94.6 Å². The minimum absolute atomic E-state index is 0.0704. The molecule has 0 aliphatic heterocycles. The van der Waals surface area contributed by atoms with E-state index < -0.39 is 4.92 Å². The molecule has 0 bridgehead atoms. The molecule has 116 valence electrons. The first kappa shape index (κ1) is 15.8. The minimum Gasteiger partial charge on any atom is -0.482 e. The van der Waals surface area contributed by atoms with Gasteiger partial charge in [-0.05, 0) is 25.1 Å². The van der Waals surface area contributed by atoms with Crippen LogP contribution in [-0.4, -0.2) is 17.4 Å². The van der Waals surface area contributed by atoms with Crippen molar-refractivity contribution in [1.29, 1.82) is 0 Å². The van der Waals surface area contributed by atoms with Crippen LogP contribution in [0, 0.1) is 10.1 Å². The van der Waals surface area contributed by atoms with Gasteiger partial charge in [-0.25, -0.2) is 0 Å². The number of carbonyl (C=O) groups is 1. The molecule has 7 nitrogen and oxygen atoms in total. The molecule has 22 heavy (non-hydrogen) atoms. The van der Waals surface area contributed by atoms with Crippen LogP contribution < -0.4 is 10.1 Å². The summed E-state index contributed by atoms with van der Waals surface area (Å²) < 4.78 is 10.4. The molecule has 1 atom stereocenters. The Kier molecular flexibility index (Phi) is 5.00. The van der Waals surface area contributed by atoms with Crippen molar-refractivity contribution in [1.82, 2.24) is 5.32 Å². The molecule has 8 heteroatoms. The van der Waals surface area contributed by atoms with E-state index in [0.29, 0.717) is 5.76 Å². The molecular formula is C14H13ClN2O5. The highest BCUT2D eigenvalue weighted by Gasteiger charge is 2.14. The van der Waals surface area contributed by atoms with Gasteiger partial charge in [-0.15, -0.1) is 0 Å². The number of hydrogen-bond acceptors (Lipinski definition) is 5. The van der Waals surface area contributed by atoms with Gasteiger partial charge in [0.25, 0.3) is 11.6 Å². The zero-order chi connectivity index (χ0) is 16.1. The van der Waals surface area contributed by atoms with E-state index in [1.807, 2.05) is 0 Å². The zero-order valence-corrected chi connectivity index (χ0v) is 12.4. The Morgan fingerprint density at radius 2 is 2.27 bits per heavy atom. The van der Waals surface area contributed by atoms with Gasteiger partial charge >= 0.3 is 0 Å². The number of halogens is 1. The van der Waals surface area contributed by atoms with E-state index >= 15 is 0 Å². The van der Waals surface area contributed by atoms with Gasteiger partial charge in [0.2, 0.25) is 0 Å². The van der Waals surface area contributed by atoms with Crippen molar-refractivity contribution < 1.29 is 18.9 Å². The van der Waals surface area contributed by atoms with Crippen LogP contribution in [0.1, 0.15) is 18.7 Å². The van der Waals surface area contributed by atoms with Crippen molar-refractivity contribution in [2.24, 2.45) is 0 Å². The van der Waals surface area contributed by atoms with Gasteiger partial charge in [-0.3, -0.25) is 14.9 Å². The molecule has 0 radical (unpaired) electrons. The predicted molar refractivity (Wildman–Crippen MR) is 78.9 cm³/mol. The van der Waals surface area contributed by atoms with Crippen LogP contribution in [0.15, 0.2) is 41.0 Å². The average Bonchev–Trinajstić information content (AvgIpc) is 3.00. The van der Waals surface area contributed by atoms with Crippen molar-refractivity contribution in [3.8, 4) is 5.75 Å². The maximum atomic E-state index is 11.8. The number of non-ortho nitro benzene ring substituents is 1. The number of ether oxygens (including phenoxy) is 1. The van der Waals surface area contributed by atoms with E-state index in [2.05, 4.69) is 5.32 Å². The first-order valence-electron chi connectivity index (χ1n) is 6.37. The molecule has 0 spiro atoms. The van der Waals surface area contributed by atoms with Gasteiger partial charge in [-0.1, -0.05) is 11.6 Å². The van der Waals surface area contributed by atoms with Crippen molar-refractivity contribution >= 4 is 23.2 Å². The highest BCUT2D eigenvalue weighted by atomic mass is 35.5. The number of carbonyl (C=O) groups excluding carboxylic acids is 1. The molecule has 1 heterocycles. The molecule has 1 N–H and O–H groups in total. The van der Waals surface area contributed by atoms with Crippen molar-refractivity contribution in [2.45, 2.75) is 13.0 Å². The molecule has 0 aliphatic rings. The summed E-state index contributed by atoms with van der Waals surface area (Å²) in [7, 11) is 0. The number of nitro groups is 1. The predicted octanol–water partition coefficient (Wildman–Crippen LogP) is 3.10. The number of rotatable bonds is 6. The quantitative estimate of drug-likeness (QED) is 0.650. The Morgan fingerprint density at radius 1 is 1.50 bits per heavy atom. The van der Waals surface area contributed by atoms with Gasteiger partial charge in [-0.2, -0.15) is 0 Å². The Morgan fingerprint density at radius 3 is 2.86 bits per heavy atom. The summed E-state index contributed by atoms with van der Waals surface area (Å²) >= 11 is 5.87. The summed E-state index contributed by atoms with van der Waals surface area (Å²) in [5.41, 5.74) is -0.145. The number of furan rings is 1. The molecule has 0 saturated carbocycles. The lowest BCUT2D eigenvalue weighted by Crippen LogP contribution is -2.31. The molecule has 2 rings (SSSR count). The first-order chi connectivity index (χ1) is 10.5. The van der Waals surface area contributed by atoms with Crippen molar-refractivity contribution in [3.05, 3.63) is 57.5 Å². The van der Waals surface area contributed by atoms with Crippen LogP contribution in [0.2, 0.25) is 5.02 Å². The molecule has 0 unspecified atom stereocenters. The second-order valence-corrected chi connectivity index (χ2v) is 4.87. The molecule has 1 amide bonds. The Bertz CT molecular complexity index is 672. The molecule has 0 saturated heterocycles. The summed E-state index contributed by atoms with van der Waals surface area (Å²) in [6.45, 7) is 1.51. The highest BCUT2D eigenvalue weighted by molar-refractivity contribution is 6.32. The third-order valence-corrected chi connectivity index (χ3v) is 3.13. The fraction of sp³-hybridized carbons (Fsp3) is 0.214. The second-order valence-electron chi connectivity index (χ2n) is 4.47. The summed E-state index contributed by atoms with van der Waals surface area (Å²) in [6, 6.07) is 6.96.